The van der Waals surface area contributed by atoms with Crippen LogP contribution >= 0.6 is 11.6 Å². The summed E-state index contributed by atoms with van der Waals surface area (Å²) >= 11 is 6.11. The minimum absolute atomic E-state index is 0.162. The molecular weight excluding hydrogens is 210 g/mol. The molecule has 0 saturated heterocycles. The zero-order chi connectivity index (χ0) is 11.0. The molecule has 0 spiro atoms. The van der Waals surface area contributed by atoms with Gasteiger partial charge in [-0.3, -0.25) is 0 Å². The lowest BCUT2D eigenvalue weighted by Gasteiger charge is -2.07. The molecule has 0 saturated carbocycles. The van der Waals surface area contributed by atoms with Gasteiger partial charge in [-0.2, -0.15) is 5.26 Å². The molecule has 1 aliphatic rings. The average Bonchev–Trinajstić information content (AvgIpc) is 2.46. The van der Waals surface area contributed by atoms with E-state index in [4.69, 9.17) is 21.6 Å². The minimum atomic E-state index is 0.162. The topological polar surface area (TPSA) is 33.0 Å². The monoisotopic (exact) mass is 221 g/mol. The van der Waals surface area contributed by atoms with Crippen LogP contribution in [0.3, 0.4) is 0 Å². The molecule has 15 heavy (non-hydrogen) atoms. The summed E-state index contributed by atoms with van der Waals surface area (Å²) in [4.78, 5) is 0. The SMILES string of the molecule is CC1Oc2c(Cl)cc(CC#N)cc2C1C. The van der Waals surface area contributed by atoms with E-state index in [1.807, 2.05) is 19.1 Å². The first kappa shape index (κ1) is 10.3. The lowest BCUT2D eigenvalue weighted by Crippen LogP contribution is -2.10. The number of hydrogen-bond acceptors (Lipinski definition) is 2. The zero-order valence-electron chi connectivity index (χ0n) is 8.75. The van der Waals surface area contributed by atoms with E-state index in [1.54, 1.807) is 0 Å². The molecule has 0 amide bonds. The smallest absolute Gasteiger partial charge is 0.141 e. The summed E-state index contributed by atoms with van der Waals surface area (Å²) in [6.45, 7) is 4.15. The van der Waals surface area contributed by atoms with Gasteiger partial charge in [-0.05, 0) is 18.6 Å². The van der Waals surface area contributed by atoms with E-state index in [2.05, 4.69) is 13.0 Å². The number of rotatable bonds is 1. The Kier molecular flexibility index (Phi) is 2.58. The fourth-order valence-corrected chi connectivity index (χ4v) is 2.16. The number of fused-ring (bicyclic) bond motifs is 1. The van der Waals surface area contributed by atoms with Crippen LogP contribution in [-0.4, -0.2) is 6.10 Å². The average molecular weight is 222 g/mol. The highest BCUT2D eigenvalue weighted by Crippen LogP contribution is 2.43. The third-order valence-corrected chi connectivity index (χ3v) is 3.19. The van der Waals surface area contributed by atoms with Crippen LogP contribution in [0.1, 0.15) is 30.9 Å². The third-order valence-electron chi connectivity index (χ3n) is 2.91. The van der Waals surface area contributed by atoms with Gasteiger partial charge in [-0.15, -0.1) is 0 Å². The molecule has 1 aromatic carbocycles. The van der Waals surface area contributed by atoms with E-state index in [0.717, 1.165) is 16.9 Å². The van der Waals surface area contributed by atoms with Crippen molar-refractivity contribution in [3.8, 4) is 11.8 Å². The number of ether oxygens (including phenoxy) is 1. The number of hydrogen-bond donors (Lipinski definition) is 0. The van der Waals surface area contributed by atoms with Crippen molar-refractivity contribution in [2.45, 2.75) is 32.3 Å². The largest absolute Gasteiger partial charge is 0.488 e. The molecule has 0 radical (unpaired) electrons. The fraction of sp³-hybridized carbons (Fsp3) is 0.417. The van der Waals surface area contributed by atoms with Gasteiger partial charge in [-0.1, -0.05) is 24.6 Å². The zero-order valence-corrected chi connectivity index (χ0v) is 9.51. The van der Waals surface area contributed by atoms with Gasteiger partial charge in [0, 0.05) is 11.5 Å². The summed E-state index contributed by atoms with van der Waals surface area (Å²) < 4.78 is 5.67. The number of nitrogens with zero attached hydrogens (tertiary/aromatic N) is 1. The Morgan fingerprint density at radius 1 is 1.47 bits per heavy atom. The Morgan fingerprint density at radius 3 is 2.87 bits per heavy atom. The second kappa shape index (κ2) is 3.75. The molecule has 1 heterocycles. The maximum Gasteiger partial charge on any atom is 0.141 e. The highest BCUT2D eigenvalue weighted by atomic mass is 35.5. The van der Waals surface area contributed by atoms with Crippen molar-refractivity contribution >= 4 is 11.6 Å². The lowest BCUT2D eigenvalue weighted by atomic mass is 9.96. The summed E-state index contributed by atoms with van der Waals surface area (Å²) in [6, 6.07) is 5.97. The molecule has 3 heteroatoms. The predicted molar refractivity (Wildman–Crippen MR) is 59.3 cm³/mol. The van der Waals surface area contributed by atoms with Gasteiger partial charge in [-0.25, -0.2) is 0 Å². The molecule has 0 aromatic heterocycles. The van der Waals surface area contributed by atoms with E-state index in [9.17, 15) is 0 Å². The van der Waals surface area contributed by atoms with Crippen LogP contribution in [0, 0.1) is 11.3 Å². The van der Waals surface area contributed by atoms with Gasteiger partial charge in [0.1, 0.15) is 11.9 Å². The van der Waals surface area contributed by atoms with Crippen molar-refractivity contribution in [2.75, 3.05) is 0 Å². The van der Waals surface area contributed by atoms with Crippen LogP contribution < -0.4 is 4.74 Å². The highest BCUT2D eigenvalue weighted by Gasteiger charge is 2.29. The van der Waals surface area contributed by atoms with Crippen molar-refractivity contribution in [1.82, 2.24) is 0 Å². The van der Waals surface area contributed by atoms with Crippen molar-refractivity contribution in [3.63, 3.8) is 0 Å². The Bertz CT molecular complexity index is 436. The molecule has 2 atom stereocenters. The third kappa shape index (κ3) is 1.68. The van der Waals surface area contributed by atoms with Gasteiger partial charge < -0.3 is 4.74 Å². The molecule has 2 nitrogen and oxygen atoms in total. The lowest BCUT2D eigenvalue weighted by molar-refractivity contribution is 0.232. The molecule has 0 aliphatic carbocycles. The van der Waals surface area contributed by atoms with Crippen LogP contribution in [0.2, 0.25) is 5.02 Å². The second-order valence-corrected chi connectivity index (χ2v) is 4.35. The Morgan fingerprint density at radius 2 is 2.20 bits per heavy atom. The molecule has 1 aliphatic heterocycles. The molecule has 0 fully saturated rings. The van der Waals surface area contributed by atoms with Crippen LogP contribution in [0.25, 0.3) is 0 Å². The van der Waals surface area contributed by atoms with Crippen LogP contribution in [0.4, 0.5) is 0 Å². The molecule has 2 rings (SSSR count). The Hall–Kier alpha value is -1.20. The first-order valence-corrected chi connectivity index (χ1v) is 5.37. The standard InChI is InChI=1S/C12H12ClNO/c1-7-8(2)15-12-10(7)5-9(3-4-14)6-11(12)13/h5-8H,3H2,1-2H3. The molecular formula is C12H12ClNO. The van der Waals surface area contributed by atoms with Gasteiger partial charge in [0.15, 0.2) is 0 Å². The first-order valence-electron chi connectivity index (χ1n) is 4.99. The molecule has 0 N–H and O–H groups in total. The second-order valence-electron chi connectivity index (χ2n) is 3.94. The van der Waals surface area contributed by atoms with E-state index in [0.29, 0.717) is 17.4 Å². The summed E-state index contributed by atoms with van der Waals surface area (Å²) in [5.41, 5.74) is 2.09. The van der Waals surface area contributed by atoms with Crippen LogP contribution in [0.5, 0.6) is 5.75 Å². The fourth-order valence-electron chi connectivity index (χ4n) is 1.87. The van der Waals surface area contributed by atoms with E-state index >= 15 is 0 Å². The predicted octanol–water partition coefficient (Wildman–Crippen LogP) is 3.29. The van der Waals surface area contributed by atoms with E-state index in [-0.39, 0.29) is 6.10 Å². The van der Waals surface area contributed by atoms with Crippen molar-refractivity contribution in [1.29, 1.82) is 5.26 Å². The van der Waals surface area contributed by atoms with Crippen molar-refractivity contribution in [3.05, 3.63) is 28.3 Å². The van der Waals surface area contributed by atoms with Gasteiger partial charge >= 0.3 is 0 Å². The van der Waals surface area contributed by atoms with Crippen molar-refractivity contribution < 1.29 is 4.74 Å². The maximum absolute atomic E-state index is 8.65. The first-order chi connectivity index (χ1) is 7.13. The maximum atomic E-state index is 8.65. The Labute approximate surface area is 94.4 Å². The molecule has 2 unspecified atom stereocenters. The van der Waals surface area contributed by atoms with E-state index < -0.39 is 0 Å². The molecule has 1 aromatic rings. The molecule has 0 bridgehead atoms. The number of nitriles is 1. The van der Waals surface area contributed by atoms with Crippen molar-refractivity contribution in [2.24, 2.45) is 0 Å². The minimum Gasteiger partial charge on any atom is -0.488 e. The summed E-state index contributed by atoms with van der Waals surface area (Å²) in [7, 11) is 0. The summed E-state index contributed by atoms with van der Waals surface area (Å²) in [6.07, 6.45) is 0.559. The number of halogens is 1. The molecule has 78 valence electrons. The summed E-state index contributed by atoms with van der Waals surface area (Å²) in [5.74, 6) is 1.13. The Balaban J connectivity index is 2.48. The van der Waals surface area contributed by atoms with Crippen LogP contribution in [-0.2, 0) is 6.42 Å². The highest BCUT2D eigenvalue weighted by molar-refractivity contribution is 6.32. The van der Waals surface area contributed by atoms with Crippen LogP contribution in [0.15, 0.2) is 12.1 Å². The number of benzene rings is 1. The summed E-state index contributed by atoms with van der Waals surface area (Å²) in [5, 5.41) is 9.27. The van der Waals surface area contributed by atoms with Gasteiger partial charge in [0.25, 0.3) is 0 Å². The quantitative estimate of drug-likeness (QED) is 0.729. The van der Waals surface area contributed by atoms with Gasteiger partial charge in [0.2, 0.25) is 0 Å². The normalized spacial score (nSPS) is 23.1. The van der Waals surface area contributed by atoms with Gasteiger partial charge in [0.05, 0.1) is 17.5 Å². The van der Waals surface area contributed by atoms with E-state index in [1.165, 1.54) is 0 Å².